The van der Waals surface area contributed by atoms with E-state index in [0.29, 0.717) is 16.3 Å². The third kappa shape index (κ3) is 3.82. The molecule has 29 heavy (non-hydrogen) atoms. The quantitative estimate of drug-likeness (QED) is 0.635. The molecule has 0 saturated heterocycles. The summed E-state index contributed by atoms with van der Waals surface area (Å²) in [6, 6.07) is 7.55. The Morgan fingerprint density at radius 3 is 2.79 bits per heavy atom. The molecule has 10 heteroatoms. The van der Waals surface area contributed by atoms with E-state index in [9.17, 15) is 18.0 Å². The van der Waals surface area contributed by atoms with Crippen molar-refractivity contribution in [2.75, 3.05) is 5.32 Å². The van der Waals surface area contributed by atoms with E-state index in [2.05, 4.69) is 15.7 Å². The van der Waals surface area contributed by atoms with E-state index in [4.69, 9.17) is 16.0 Å². The maximum atomic E-state index is 13.6. The summed E-state index contributed by atoms with van der Waals surface area (Å²) < 4.78 is 47.0. The summed E-state index contributed by atoms with van der Waals surface area (Å²) in [4.78, 5) is 12.7. The fourth-order valence-corrected chi connectivity index (χ4v) is 3.52. The summed E-state index contributed by atoms with van der Waals surface area (Å²) in [5, 5.41) is 9.95. The second-order valence-corrected chi connectivity index (χ2v) is 7.04. The standard InChI is InChI=1S/C19H16ClF3N4O2/c20-13-5-2-1-4-11(13)9-24-18(28)12-10-25-27-16(19(21,22)23)8-14(26-17(12)27)15-6-3-7-29-15/h1-7,10,14,16,26H,8-9H2,(H,24,28)/t14-,16-/m1/s1. The van der Waals surface area contributed by atoms with Crippen molar-refractivity contribution in [2.24, 2.45) is 0 Å². The van der Waals surface area contributed by atoms with Gasteiger partial charge in [0.1, 0.15) is 17.1 Å². The minimum atomic E-state index is -4.53. The van der Waals surface area contributed by atoms with Gasteiger partial charge in [0.25, 0.3) is 5.91 Å². The number of amides is 1. The molecule has 6 nitrogen and oxygen atoms in total. The minimum absolute atomic E-state index is 0.00312. The van der Waals surface area contributed by atoms with Crippen LogP contribution in [0.2, 0.25) is 5.02 Å². The zero-order chi connectivity index (χ0) is 20.6. The fraction of sp³-hybridized carbons (Fsp3) is 0.263. The van der Waals surface area contributed by atoms with Crippen molar-refractivity contribution in [3.8, 4) is 0 Å². The van der Waals surface area contributed by atoms with Crippen LogP contribution < -0.4 is 10.6 Å². The summed E-state index contributed by atoms with van der Waals surface area (Å²) in [5.41, 5.74) is 0.709. The molecule has 3 aromatic rings. The number of hydrogen-bond acceptors (Lipinski definition) is 4. The van der Waals surface area contributed by atoms with Gasteiger partial charge < -0.3 is 15.1 Å². The molecule has 2 aromatic heterocycles. The summed E-state index contributed by atoms with van der Waals surface area (Å²) >= 11 is 6.08. The van der Waals surface area contributed by atoms with E-state index in [1.165, 1.54) is 6.26 Å². The van der Waals surface area contributed by atoms with Crippen molar-refractivity contribution in [1.29, 1.82) is 0 Å². The van der Waals surface area contributed by atoms with Crippen molar-refractivity contribution in [2.45, 2.75) is 31.2 Å². The molecule has 152 valence electrons. The van der Waals surface area contributed by atoms with Gasteiger partial charge in [-0.05, 0) is 23.8 Å². The topological polar surface area (TPSA) is 72.1 Å². The highest BCUT2D eigenvalue weighted by Gasteiger charge is 2.47. The molecule has 0 spiro atoms. The van der Waals surface area contributed by atoms with Gasteiger partial charge in [-0.1, -0.05) is 29.8 Å². The first kappa shape index (κ1) is 19.4. The molecule has 0 unspecified atom stereocenters. The Labute approximate surface area is 168 Å². The predicted octanol–water partition coefficient (Wildman–Crippen LogP) is 4.72. The van der Waals surface area contributed by atoms with Gasteiger partial charge in [-0.2, -0.15) is 18.3 Å². The monoisotopic (exact) mass is 424 g/mol. The Balaban J connectivity index is 1.61. The van der Waals surface area contributed by atoms with Crippen molar-refractivity contribution in [3.05, 3.63) is 70.8 Å². The Kier molecular flexibility index (Phi) is 4.99. The van der Waals surface area contributed by atoms with Gasteiger partial charge in [-0.15, -0.1) is 0 Å². The number of benzene rings is 1. The van der Waals surface area contributed by atoms with Crippen LogP contribution in [0.25, 0.3) is 0 Å². The smallest absolute Gasteiger partial charge is 0.410 e. The lowest BCUT2D eigenvalue weighted by molar-refractivity contribution is -0.174. The van der Waals surface area contributed by atoms with E-state index in [1.807, 2.05) is 0 Å². The minimum Gasteiger partial charge on any atom is -0.467 e. The maximum absolute atomic E-state index is 13.6. The SMILES string of the molecule is O=C(NCc1ccccc1Cl)c1cnn2c1N[C@@H](c1ccco1)C[C@@H]2C(F)(F)F. The number of aromatic nitrogens is 2. The molecule has 0 fully saturated rings. The normalized spacial score (nSPS) is 18.8. The van der Waals surface area contributed by atoms with Crippen LogP contribution in [0.4, 0.5) is 19.0 Å². The van der Waals surface area contributed by atoms with Crippen LogP contribution in [0.5, 0.6) is 0 Å². The number of carbonyl (C=O) groups excluding carboxylic acids is 1. The van der Waals surface area contributed by atoms with Crippen LogP contribution in [0.15, 0.2) is 53.3 Å². The molecule has 3 heterocycles. The molecule has 1 aliphatic heterocycles. The summed E-state index contributed by atoms with van der Waals surface area (Å²) in [5.74, 6) is -0.203. The molecule has 1 aliphatic rings. The number of nitrogens with one attached hydrogen (secondary N) is 2. The van der Waals surface area contributed by atoms with Crippen LogP contribution >= 0.6 is 11.6 Å². The number of halogens is 4. The highest BCUT2D eigenvalue weighted by Crippen LogP contribution is 2.44. The molecule has 0 radical (unpaired) electrons. The Morgan fingerprint density at radius 1 is 1.31 bits per heavy atom. The van der Waals surface area contributed by atoms with Crippen molar-refractivity contribution >= 4 is 23.3 Å². The van der Waals surface area contributed by atoms with Crippen molar-refractivity contribution in [1.82, 2.24) is 15.1 Å². The number of anilines is 1. The van der Waals surface area contributed by atoms with Crippen LogP contribution in [-0.2, 0) is 6.54 Å². The van der Waals surface area contributed by atoms with Crippen molar-refractivity contribution in [3.63, 3.8) is 0 Å². The number of rotatable bonds is 4. The van der Waals surface area contributed by atoms with Gasteiger partial charge in [0.2, 0.25) is 0 Å². The maximum Gasteiger partial charge on any atom is 0.410 e. The Hall–Kier alpha value is -2.94. The van der Waals surface area contributed by atoms with E-state index >= 15 is 0 Å². The number of alkyl halides is 3. The number of furan rings is 1. The molecule has 0 aliphatic carbocycles. The number of fused-ring (bicyclic) bond motifs is 1. The van der Waals surface area contributed by atoms with Crippen LogP contribution in [0.1, 0.15) is 40.2 Å². The molecule has 2 atom stereocenters. The van der Waals surface area contributed by atoms with Gasteiger partial charge in [-0.25, -0.2) is 4.68 Å². The van der Waals surface area contributed by atoms with Crippen LogP contribution in [-0.4, -0.2) is 21.9 Å². The zero-order valence-electron chi connectivity index (χ0n) is 14.9. The highest BCUT2D eigenvalue weighted by atomic mass is 35.5. The second-order valence-electron chi connectivity index (χ2n) is 6.63. The van der Waals surface area contributed by atoms with Gasteiger partial charge in [-0.3, -0.25) is 4.79 Å². The largest absolute Gasteiger partial charge is 0.467 e. The van der Waals surface area contributed by atoms with E-state index in [-0.39, 0.29) is 24.3 Å². The highest BCUT2D eigenvalue weighted by molar-refractivity contribution is 6.31. The fourth-order valence-electron chi connectivity index (χ4n) is 3.32. The summed E-state index contributed by atoms with van der Waals surface area (Å²) in [7, 11) is 0. The lowest BCUT2D eigenvalue weighted by Gasteiger charge is -2.32. The lowest BCUT2D eigenvalue weighted by atomic mass is 10.0. The molecule has 0 bridgehead atoms. The first-order valence-electron chi connectivity index (χ1n) is 8.80. The molecular formula is C19H16ClF3N4O2. The molecular weight excluding hydrogens is 409 g/mol. The average molecular weight is 425 g/mol. The Bertz CT molecular complexity index is 1020. The second kappa shape index (κ2) is 7.47. The predicted molar refractivity (Wildman–Crippen MR) is 99.6 cm³/mol. The Morgan fingerprint density at radius 2 is 2.10 bits per heavy atom. The molecule has 2 N–H and O–H groups in total. The first-order chi connectivity index (χ1) is 13.8. The van der Waals surface area contributed by atoms with Gasteiger partial charge in [0.05, 0.1) is 18.5 Å². The summed E-state index contributed by atoms with van der Waals surface area (Å²) in [6.07, 6.45) is -2.30. The lowest BCUT2D eigenvalue weighted by Crippen LogP contribution is -2.36. The van der Waals surface area contributed by atoms with Crippen LogP contribution in [0, 0.1) is 0 Å². The molecule has 1 amide bonds. The number of nitrogens with zero attached hydrogens (tertiary/aromatic N) is 2. The van der Waals surface area contributed by atoms with Crippen molar-refractivity contribution < 1.29 is 22.4 Å². The average Bonchev–Trinajstić information content (AvgIpc) is 3.35. The third-order valence-corrected chi connectivity index (χ3v) is 5.14. The van der Waals surface area contributed by atoms with Gasteiger partial charge >= 0.3 is 6.18 Å². The third-order valence-electron chi connectivity index (χ3n) is 4.77. The van der Waals surface area contributed by atoms with Gasteiger partial charge in [0, 0.05) is 18.0 Å². The number of carbonyl (C=O) groups is 1. The molecule has 0 saturated carbocycles. The van der Waals surface area contributed by atoms with E-state index in [0.717, 1.165) is 10.9 Å². The number of hydrogen-bond donors (Lipinski definition) is 2. The summed E-state index contributed by atoms with van der Waals surface area (Å²) in [6.45, 7) is 0.132. The van der Waals surface area contributed by atoms with Gasteiger partial charge in [0.15, 0.2) is 6.04 Å². The molecule has 4 rings (SSSR count). The van der Waals surface area contributed by atoms with E-state index in [1.54, 1.807) is 36.4 Å². The molecule has 1 aromatic carbocycles. The van der Waals surface area contributed by atoms with E-state index < -0.39 is 24.2 Å². The first-order valence-corrected chi connectivity index (χ1v) is 9.18. The van der Waals surface area contributed by atoms with Crippen LogP contribution in [0.3, 0.4) is 0 Å². The zero-order valence-corrected chi connectivity index (χ0v) is 15.7.